The van der Waals surface area contributed by atoms with Crippen LogP contribution in [0.4, 0.5) is 0 Å². The molecule has 0 saturated carbocycles. The van der Waals surface area contributed by atoms with Gasteiger partial charge in [-0.15, -0.1) is 0 Å². The van der Waals surface area contributed by atoms with Gasteiger partial charge in [0.1, 0.15) is 11.5 Å². The Morgan fingerprint density at radius 1 is 1.05 bits per heavy atom. The minimum atomic E-state index is -1.08. The van der Waals surface area contributed by atoms with Gasteiger partial charge < -0.3 is 14.6 Å². The maximum absolute atomic E-state index is 11.7. The van der Waals surface area contributed by atoms with Crippen molar-refractivity contribution >= 4 is 11.9 Å². The molecular formula is C16H14O5. The van der Waals surface area contributed by atoms with Gasteiger partial charge in [-0.25, -0.2) is 9.59 Å². The lowest BCUT2D eigenvalue weighted by atomic mass is 10.2. The van der Waals surface area contributed by atoms with Crippen LogP contribution in [0, 0.1) is 6.92 Å². The molecular weight excluding hydrogens is 272 g/mol. The highest BCUT2D eigenvalue weighted by atomic mass is 16.6. The van der Waals surface area contributed by atoms with Crippen molar-refractivity contribution in [1.29, 1.82) is 0 Å². The van der Waals surface area contributed by atoms with E-state index in [1.807, 2.05) is 19.1 Å². The normalized spacial score (nSPS) is 9.95. The van der Waals surface area contributed by atoms with Gasteiger partial charge in [0.2, 0.25) is 0 Å². The van der Waals surface area contributed by atoms with Crippen LogP contribution in [0.5, 0.6) is 11.5 Å². The van der Waals surface area contributed by atoms with Crippen LogP contribution in [0.1, 0.15) is 15.9 Å². The summed E-state index contributed by atoms with van der Waals surface area (Å²) in [5.41, 5.74) is 1.08. The van der Waals surface area contributed by atoms with Crippen molar-refractivity contribution in [2.24, 2.45) is 0 Å². The summed E-state index contributed by atoms with van der Waals surface area (Å²) < 4.78 is 10.3. The van der Waals surface area contributed by atoms with Crippen LogP contribution in [0.3, 0.4) is 0 Å². The van der Waals surface area contributed by atoms with Crippen LogP contribution in [-0.2, 0) is 4.79 Å². The summed E-state index contributed by atoms with van der Waals surface area (Å²) in [7, 11) is 0. The van der Waals surface area contributed by atoms with Crippen molar-refractivity contribution < 1.29 is 24.2 Å². The number of hydrogen-bond donors (Lipinski definition) is 1. The molecule has 2 aromatic carbocycles. The highest BCUT2D eigenvalue weighted by Gasteiger charge is 2.09. The zero-order valence-corrected chi connectivity index (χ0v) is 11.4. The smallest absolute Gasteiger partial charge is 0.349 e. The maximum Gasteiger partial charge on any atom is 0.349 e. The van der Waals surface area contributed by atoms with E-state index < -0.39 is 11.9 Å². The van der Waals surface area contributed by atoms with Crippen molar-refractivity contribution in [3.05, 3.63) is 59.7 Å². The Hall–Kier alpha value is -2.82. The predicted molar refractivity (Wildman–Crippen MR) is 75.7 cm³/mol. The lowest BCUT2D eigenvalue weighted by Crippen LogP contribution is -2.17. The second-order valence-electron chi connectivity index (χ2n) is 4.41. The minimum absolute atomic E-state index is 0.0555. The van der Waals surface area contributed by atoms with Gasteiger partial charge in [-0.1, -0.05) is 18.2 Å². The van der Waals surface area contributed by atoms with Gasteiger partial charge in [-0.2, -0.15) is 0 Å². The van der Waals surface area contributed by atoms with Crippen molar-refractivity contribution in [3.8, 4) is 11.5 Å². The average molecular weight is 286 g/mol. The van der Waals surface area contributed by atoms with Gasteiger partial charge in [0, 0.05) is 0 Å². The van der Waals surface area contributed by atoms with Crippen molar-refractivity contribution in [3.63, 3.8) is 0 Å². The molecule has 1 N–H and O–H groups in total. The number of carbonyl (C=O) groups excluding carboxylic acids is 1. The molecule has 0 spiro atoms. The molecule has 0 fully saturated rings. The van der Waals surface area contributed by atoms with Gasteiger partial charge in [-0.3, -0.25) is 0 Å². The lowest BCUT2D eigenvalue weighted by molar-refractivity contribution is -0.136. The number of carboxylic acids is 1. The van der Waals surface area contributed by atoms with E-state index in [0.717, 1.165) is 5.56 Å². The molecule has 0 aromatic heterocycles. The molecule has 0 bridgehead atoms. The summed E-state index contributed by atoms with van der Waals surface area (Å²) in [5, 5.41) is 8.86. The van der Waals surface area contributed by atoms with Gasteiger partial charge in [0.25, 0.3) is 0 Å². The predicted octanol–water partition coefficient (Wildman–Crippen LogP) is 2.68. The van der Waals surface area contributed by atoms with Gasteiger partial charge in [0.05, 0.1) is 5.56 Å². The quantitative estimate of drug-likeness (QED) is 0.675. The number of esters is 1. The largest absolute Gasteiger partial charge is 0.482 e. The van der Waals surface area contributed by atoms with Crippen molar-refractivity contribution in [2.75, 3.05) is 6.61 Å². The standard InChI is InChI=1S/C16H14O5/c1-11-4-2-6-13(8-11)20-10-15(17)21-14-7-3-5-12(9-14)16(18)19/h2-9H,10H2,1H3,(H,18,19). The van der Waals surface area contributed by atoms with E-state index >= 15 is 0 Å². The first-order chi connectivity index (χ1) is 10.0. The zero-order valence-electron chi connectivity index (χ0n) is 11.4. The fourth-order valence-electron chi connectivity index (χ4n) is 1.70. The highest BCUT2D eigenvalue weighted by Crippen LogP contribution is 2.15. The number of rotatable bonds is 5. The summed E-state index contributed by atoms with van der Waals surface area (Å²) in [5.74, 6) is -0.929. The summed E-state index contributed by atoms with van der Waals surface area (Å²) in [6.07, 6.45) is 0. The molecule has 108 valence electrons. The second kappa shape index (κ2) is 6.56. The maximum atomic E-state index is 11.7. The molecule has 0 atom stereocenters. The van der Waals surface area contributed by atoms with E-state index in [9.17, 15) is 9.59 Å². The number of hydrogen-bond acceptors (Lipinski definition) is 4. The average Bonchev–Trinajstić information content (AvgIpc) is 2.45. The zero-order chi connectivity index (χ0) is 15.2. The topological polar surface area (TPSA) is 72.8 Å². The molecule has 0 aliphatic heterocycles. The van der Waals surface area contributed by atoms with Crippen LogP contribution in [0.25, 0.3) is 0 Å². The molecule has 0 unspecified atom stereocenters. The fraction of sp³-hybridized carbons (Fsp3) is 0.125. The molecule has 0 aliphatic rings. The second-order valence-corrected chi connectivity index (χ2v) is 4.41. The Morgan fingerprint density at radius 2 is 1.76 bits per heavy atom. The SMILES string of the molecule is Cc1cccc(OCC(=O)Oc2cccc(C(=O)O)c2)c1. The number of aryl methyl sites for hydroxylation is 1. The van der Waals surface area contributed by atoms with Crippen LogP contribution >= 0.6 is 0 Å². The number of aromatic carboxylic acids is 1. The molecule has 0 radical (unpaired) electrons. The Kier molecular flexibility index (Phi) is 4.56. The van der Waals surface area contributed by atoms with E-state index in [2.05, 4.69) is 0 Å². The number of benzene rings is 2. The summed E-state index contributed by atoms with van der Waals surface area (Å²) >= 11 is 0. The van der Waals surface area contributed by atoms with E-state index in [-0.39, 0.29) is 17.9 Å². The number of carbonyl (C=O) groups is 2. The molecule has 0 aliphatic carbocycles. The van der Waals surface area contributed by atoms with E-state index in [1.54, 1.807) is 12.1 Å². The molecule has 5 nitrogen and oxygen atoms in total. The van der Waals surface area contributed by atoms with Crippen molar-refractivity contribution in [2.45, 2.75) is 6.92 Å². The molecule has 0 amide bonds. The van der Waals surface area contributed by atoms with Gasteiger partial charge >= 0.3 is 11.9 Å². The van der Waals surface area contributed by atoms with Crippen LogP contribution in [0.15, 0.2) is 48.5 Å². The first-order valence-electron chi connectivity index (χ1n) is 6.28. The van der Waals surface area contributed by atoms with Gasteiger partial charge in [0.15, 0.2) is 6.61 Å². The molecule has 2 aromatic rings. The highest BCUT2D eigenvalue weighted by molar-refractivity contribution is 5.88. The fourth-order valence-corrected chi connectivity index (χ4v) is 1.70. The van der Waals surface area contributed by atoms with Crippen LogP contribution in [0.2, 0.25) is 0 Å². The number of ether oxygens (including phenoxy) is 2. The summed E-state index contributed by atoms with van der Waals surface area (Å²) in [6.45, 7) is 1.67. The third kappa shape index (κ3) is 4.35. The van der Waals surface area contributed by atoms with E-state index in [1.165, 1.54) is 24.3 Å². The van der Waals surface area contributed by atoms with Crippen LogP contribution in [-0.4, -0.2) is 23.7 Å². The third-order valence-corrected chi connectivity index (χ3v) is 2.66. The monoisotopic (exact) mass is 286 g/mol. The van der Waals surface area contributed by atoms with Gasteiger partial charge in [-0.05, 0) is 42.8 Å². The molecule has 5 heteroatoms. The first kappa shape index (κ1) is 14.6. The minimum Gasteiger partial charge on any atom is -0.482 e. The lowest BCUT2D eigenvalue weighted by Gasteiger charge is -2.07. The van der Waals surface area contributed by atoms with Crippen LogP contribution < -0.4 is 9.47 Å². The Balaban J connectivity index is 1.93. The molecule has 0 saturated heterocycles. The Labute approximate surface area is 121 Å². The van der Waals surface area contributed by atoms with Crippen molar-refractivity contribution in [1.82, 2.24) is 0 Å². The third-order valence-electron chi connectivity index (χ3n) is 2.66. The molecule has 21 heavy (non-hydrogen) atoms. The summed E-state index contributed by atoms with van der Waals surface area (Å²) in [6, 6.07) is 13.0. The number of carboxylic acid groups (broad SMARTS) is 1. The first-order valence-corrected chi connectivity index (χ1v) is 6.28. The molecule has 0 heterocycles. The Morgan fingerprint density at radius 3 is 2.48 bits per heavy atom. The molecule has 2 rings (SSSR count). The van der Waals surface area contributed by atoms with E-state index in [4.69, 9.17) is 14.6 Å². The Bertz CT molecular complexity index is 663. The van der Waals surface area contributed by atoms with E-state index in [0.29, 0.717) is 5.75 Å². The summed E-state index contributed by atoms with van der Waals surface area (Å²) in [4.78, 5) is 22.5.